The molecule has 0 heterocycles. The SMILES string of the molecule is CC(C)CC(N)C(=O)Oc1ccc(C(C)(C)C)cc1. The van der Waals surface area contributed by atoms with Crippen LogP contribution >= 0.6 is 0 Å². The van der Waals surface area contributed by atoms with Crippen molar-refractivity contribution in [1.29, 1.82) is 0 Å². The summed E-state index contributed by atoms with van der Waals surface area (Å²) in [5, 5.41) is 0. The molecule has 3 heteroatoms. The molecule has 19 heavy (non-hydrogen) atoms. The van der Waals surface area contributed by atoms with Gasteiger partial charge in [0.05, 0.1) is 0 Å². The van der Waals surface area contributed by atoms with Gasteiger partial charge < -0.3 is 10.5 Å². The van der Waals surface area contributed by atoms with Crippen molar-refractivity contribution < 1.29 is 9.53 Å². The Kier molecular flexibility index (Phi) is 5.12. The maximum atomic E-state index is 11.8. The average molecular weight is 263 g/mol. The lowest BCUT2D eigenvalue weighted by molar-refractivity contribution is -0.136. The molecule has 1 aromatic rings. The molecule has 0 aliphatic rings. The third-order valence-electron chi connectivity index (χ3n) is 2.97. The van der Waals surface area contributed by atoms with Gasteiger partial charge in [-0.25, -0.2) is 4.79 Å². The molecule has 0 aromatic heterocycles. The van der Waals surface area contributed by atoms with E-state index in [2.05, 4.69) is 20.8 Å². The van der Waals surface area contributed by atoms with E-state index in [4.69, 9.17) is 10.5 Å². The van der Waals surface area contributed by atoms with Crippen molar-refractivity contribution in [2.45, 2.75) is 52.5 Å². The molecule has 0 spiro atoms. The van der Waals surface area contributed by atoms with E-state index < -0.39 is 6.04 Å². The number of hydrogen-bond acceptors (Lipinski definition) is 3. The number of carbonyl (C=O) groups excluding carboxylic acids is 1. The van der Waals surface area contributed by atoms with Gasteiger partial charge in [0.15, 0.2) is 0 Å². The summed E-state index contributed by atoms with van der Waals surface area (Å²) in [6.45, 7) is 10.5. The molecule has 1 aromatic carbocycles. The molecule has 0 bridgehead atoms. The van der Waals surface area contributed by atoms with Crippen molar-refractivity contribution in [2.75, 3.05) is 0 Å². The monoisotopic (exact) mass is 263 g/mol. The molecule has 0 saturated carbocycles. The van der Waals surface area contributed by atoms with Crippen LogP contribution in [0.1, 0.15) is 46.6 Å². The van der Waals surface area contributed by atoms with Crippen LogP contribution in [-0.2, 0) is 10.2 Å². The molecule has 2 N–H and O–H groups in total. The summed E-state index contributed by atoms with van der Waals surface area (Å²) in [5.41, 5.74) is 7.09. The number of benzene rings is 1. The van der Waals surface area contributed by atoms with E-state index in [0.717, 1.165) is 0 Å². The largest absolute Gasteiger partial charge is 0.425 e. The average Bonchev–Trinajstić information content (AvgIpc) is 2.27. The number of carbonyl (C=O) groups is 1. The summed E-state index contributed by atoms with van der Waals surface area (Å²) < 4.78 is 5.28. The van der Waals surface area contributed by atoms with Crippen LogP contribution in [-0.4, -0.2) is 12.0 Å². The van der Waals surface area contributed by atoms with Gasteiger partial charge in [0.25, 0.3) is 0 Å². The molecule has 0 radical (unpaired) electrons. The van der Waals surface area contributed by atoms with Gasteiger partial charge in [-0.05, 0) is 35.4 Å². The lowest BCUT2D eigenvalue weighted by Crippen LogP contribution is -2.35. The lowest BCUT2D eigenvalue weighted by Gasteiger charge is -2.19. The normalized spacial score (nSPS) is 13.4. The number of esters is 1. The Balaban J connectivity index is 2.66. The van der Waals surface area contributed by atoms with Crippen LogP contribution in [0.3, 0.4) is 0 Å². The second kappa shape index (κ2) is 6.20. The van der Waals surface area contributed by atoms with Crippen molar-refractivity contribution in [3.63, 3.8) is 0 Å². The second-order valence-corrected chi connectivity index (χ2v) is 6.43. The van der Waals surface area contributed by atoms with Crippen LogP contribution < -0.4 is 10.5 Å². The Labute approximate surface area is 116 Å². The molecular weight excluding hydrogens is 238 g/mol. The van der Waals surface area contributed by atoms with E-state index in [-0.39, 0.29) is 11.4 Å². The Morgan fingerprint density at radius 2 is 1.74 bits per heavy atom. The number of ether oxygens (including phenoxy) is 1. The smallest absolute Gasteiger partial charge is 0.328 e. The zero-order valence-electron chi connectivity index (χ0n) is 12.6. The quantitative estimate of drug-likeness (QED) is 0.670. The van der Waals surface area contributed by atoms with Crippen LogP contribution in [0.5, 0.6) is 5.75 Å². The minimum atomic E-state index is -0.553. The number of hydrogen-bond donors (Lipinski definition) is 1. The number of rotatable bonds is 4. The molecule has 1 atom stereocenters. The van der Waals surface area contributed by atoms with Gasteiger partial charge in [-0.3, -0.25) is 0 Å². The highest BCUT2D eigenvalue weighted by Crippen LogP contribution is 2.24. The van der Waals surface area contributed by atoms with Gasteiger partial charge in [0.1, 0.15) is 11.8 Å². The van der Waals surface area contributed by atoms with Crippen LogP contribution in [0.2, 0.25) is 0 Å². The molecule has 0 aliphatic heterocycles. The van der Waals surface area contributed by atoms with Crippen molar-refractivity contribution >= 4 is 5.97 Å². The van der Waals surface area contributed by atoms with Crippen molar-refractivity contribution in [3.05, 3.63) is 29.8 Å². The minimum absolute atomic E-state index is 0.0938. The first-order valence-electron chi connectivity index (χ1n) is 6.78. The van der Waals surface area contributed by atoms with Gasteiger partial charge in [-0.2, -0.15) is 0 Å². The van der Waals surface area contributed by atoms with Crippen LogP contribution in [0.25, 0.3) is 0 Å². The van der Waals surface area contributed by atoms with Crippen LogP contribution in [0, 0.1) is 5.92 Å². The summed E-state index contributed by atoms with van der Waals surface area (Å²) in [5.74, 6) is 0.570. The van der Waals surface area contributed by atoms with Gasteiger partial charge in [0, 0.05) is 0 Å². The van der Waals surface area contributed by atoms with E-state index >= 15 is 0 Å². The lowest BCUT2D eigenvalue weighted by atomic mass is 9.87. The Morgan fingerprint density at radius 3 is 2.16 bits per heavy atom. The Bertz CT molecular complexity index is 415. The van der Waals surface area contributed by atoms with E-state index in [1.165, 1.54) is 5.56 Å². The van der Waals surface area contributed by atoms with Crippen LogP contribution in [0.15, 0.2) is 24.3 Å². The fourth-order valence-corrected chi connectivity index (χ4v) is 1.82. The van der Waals surface area contributed by atoms with E-state index in [1.807, 2.05) is 38.1 Å². The highest BCUT2D eigenvalue weighted by atomic mass is 16.5. The molecule has 1 unspecified atom stereocenters. The molecule has 0 fully saturated rings. The van der Waals surface area contributed by atoms with Crippen molar-refractivity contribution in [1.82, 2.24) is 0 Å². The van der Waals surface area contributed by atoms with E-state index in [9.17, 15) is 4.79 Å². The van der Waals surface area contributed by atoms with E-state index in [0.29, 0.717) is 18.1 Å². The van der Waals surface area contributed by atoms with E-state index in [1.54, 1.807) is 0 Å². The van der Waals surface area contributed by atoms with Crippen molar-refractivity contribution in [2.24, 2.45) is 11.7 Å². The molecule has 0 amide bonds. The highest BCUT2D eigenvalue weighted by Gasteiger charge is 2.18. The topological polar surface area (TPSA) is 52.3 Å². The maximum absolute atomic E-state index is 11.8. The summed E-state index contributed by atoms with van der Waals surface area (Å²) in [6.07, 6.45) is 0.638. The molecule has 1 rings (SSSR count). The first-order chi connectivity index (χ1) is 8.70. The first kappa shape index (κ1) is 15.7. The molecule has 3 nitrogen and oxygen atoms in total. The predicted octanol–water partition coefficient (Wildman–Crippen LogP) is 3.26. The molecule has 0 aliphatic carbocycles. The van der Waals surface area contributed by atoms with Crippen LogP contribution in [0.4, 0.5) is 0 Å². The summed E-state index contributed by atoms with van der Waals surface area (Å²) in [7, 11) is 0. The highest BCUT2D eigenvalue weighted by molar-refractivity contribution is 5.77. The fourth-order valence-electron chi connectivity index (χ4n) is 1.82. The van der Waals surface area contributed by atoms with Gasteiger partial charge >= 0.3 is 5.97 Å². The standard InChI is InChI=1S/C16H25NO2/c1-11(2)10-14(17)15(18)19-13-8-6-12(7-9-13)16(3,4)5/h6-9,11,14H,10,17H2,1-5H3. The fraction of sp³-hybridized carbons (Fsp3) is 0.562. The minimum Gasteiger partial charge on any atom is -0.425 e. The summed E-state index contributed by atoms with van der Waals surface area (Å²) in [4.78, 5) is 11.8. The zero-order valence-corrected chi connectivity index (χ0v) is 12.6. The zero-order chi connectivity index (χ0) is 14.6. The Hall–Kier alpha value is -1.35. The van der Waals surface area contributed by atoms with Gasteiger partial charge in [0.2, 0.25) is 0 Å². The first-order valence-corrected chi connectivity index (χ1v) is 6.78. The van der Waals surface area contributed by atoms with Gasteiger partial charge in [-0.1, -0.05) is 46.8 Å². The molecular formula is C16H25NO2. The predicted molar refractivity (Wildman–Crippen MR) is 78.2 cm³/mol. The third-order valence-corrected chi connectivity index (χ3v) is 2.97. The maximum Gasteiger partial charge on any atom is 0.328 e. The second-order valence-electron chi connectivity index (χ2n) is 6.43. The molecule has 106 valence electrons. The summed E-state index contributed by atoms with van der Waals surface area (Å²) in [6, 6.07) is 7.05. The summed E-state index contributed by atoms with van der Waals surface area (Å²) >= 11 is 0. The number of nitrogens with two attached hydrogens (primary N) is 1. The van der Waals surface area contributed by atoms with Gasteiger partial charge in [-0.15, -0.1) is 0 Å². The van der Waals surface area contributed by atoms with Crippen molar-refractivity contribution in [3.8, 4) is 5.75 Å². The Morgan fingerprint density at radius 1 is 1.21 bits per heavy atom. The molecule has 0 saturated heterocycles. The third kappa shape index (κ3) is 5.03.